The Labute approximate surface area is 128 Å². The van der Waals surface area contributed by atoms with E-state index in [0.717, 1.165) is 5.57 Å². The predicted octanol–water partition coefficient (Wildman–Crippen LogP) is 2.22. The number of amides is 1. The Kier molecular flexibility index (Phi) is 3.13. The lowest BCUT2D eigenvalue weighted by Crippen LogP contribution is -2.49. The van der Waals surface area contributed by atoms with Crippen LogP contribution in [0.2, 0.25) is 0 Å². The Morgan fingerprint density at radius 1 is 1.18 bits per heavy atom. The van der Waals surface area contributed by atoms with E-state index in [2.05, 4.69) is 5.32 Å². The van der Waals surface area contributed by atoms with E-state index in [9.17, 15) is 14.4 Å². The van der Waals surface area contributed by atoms with E-state index < -0.39 is 5.54 Å². The molecule has 0 fully saturated rings. The lowest BCUT2D eigenvalue weighted by Gasteiger charge is -2.22. The summed E-state index contributed by atoms with van der Waals surface area (Å²) in [5.41, 5.74) is 1.13. The summed E-state index contributed by atoms with van der Waals surface area (Å²) < 4.78 is 0. The van der Waals surface area contributed by atoms with Crippen LogP contribution in [-0.4, -0.2) is 23.0 Å². The average molecular weight is 295 g/mol. The molecule has 0 saturated heterocycles. The number of carbonyl (C=O) groups is 3. The van der Waals surface area contributed by atoms with Crippen LogP contribution in [-0.2, 0) is 9.59 Å². The van der Waals surface area contributed by atoms with Gasteiger partial charge in [0, 0.05) is 22.6 Å². The average Bonchev–Trinajstić information content (AvgIpc) is 2.88. The zero-order chi connectivity index (χ0) is 16.1. The lowest BCUT2D eigenvalue weighted by molar-refractivity contribution is -0.119. The van der Waals surface area contributed by atoms with E-state index in [0.29, 0.717) is 16.7 Å². The molecule has 3 rings (SSSR count). The van der Waals surface area contributed by atoms with Crippen LogP contribution in [0.1, 0.15) is 31.1 Å². The number of benzene rings is 1. The van der Waals surface area contributed by atoms with E-state index in [1.165, 1.54) is 0 Å². The summed E-state index contributed by atoms with van der Waals surface area (Å²) in [6.45, 7) is 5.15. The van der Waals surface area contributed by atoms with Crippen molar-refractivity contribution in [1.29, 1.82) is 0 Å². The molecule has 4 nitrogen and oxygen atoms in total. The lowest BCUT2D eigenvalue weighted by atomic mass is 9.95. The first-order chi connectivity index (χ1) is 10.3. The van der Waals surface area contributed by atoms with Crippen LogP contribution in [0.3, 0.4) is 0 Å². The molecule has 1 aromatic rings. The highest BCUT2D eigenvalue weighted by atomic mass is 16.2. The zero-order valence-corrected chi connectivity index (χ0v) is 12.8. The maximum absolute atomic E-state index is 12.7. The molecule has 0 heterocycles. The number of fused-ring (bicyclic) bond motifs is 1. The molecule has 22 heavy (non-hydrogen) atoms. The number of hydrogen-bond donors (Lipinski definition) is 1. The number of allylic oxidation sites excluding steroid dienone is 2. The molecule has 0 radical (unpaired) electrons. The molecular formula is C18H17NO3. The van der Waals surface area contributed by atoms with E-state index in [-0.39, 0.29) is 23.4 Å². The van der Waals surface area contributed by atoms with E-state index >= 15 is 0 Å². The molecule has 0 aromatic heterocycles. The van der Waals surface area contributed by atoms with E-state index in [1.807, 2.05) is 6.07 Å². The fourth-order valence-electron chi connectivity index (χ4n) is 3.15. The highest BCUT2D eigenvalue weighted by Crippen LogP contribution is 2.42. The third kappa shape index (κ3) is 1.95. The van der Waals surface area contributed by atoms with Gasteiger partial charge in [0.15, 0.2) is 11.6 Å². The quantitative estimate of drug-likeness (QED) is 0.910. The van der Waals surface area contributed by atoms with Gasteiger partial charge in [0.1, 0.15) is 5.54 Å². The highest BCUT2D eigenvalue weighted by Gasteiger charge is 2.48. The largest absolute Gasteiger partial charge is 0.336 e. The Bertz CT molecular complexity index is 758. The second-order valence-electron chi connectivity index (χ2n) is 6.04. The smallest absolute Gasteiger partial charge is 0.252 e. The summed E-state index contributed by atoms with van der Waals surface area (Å²) in [5.74, 6) is -0.826. The first-order valence-electron chi connectivity index (χ1n) is 7.26. The van der Waals surface area contributed by atoms with Gasteiger partial charge in [-0.05, 0) is 37.6 Å². The Morgan fingerprint density at radius 2 is 1.82 bits per heavy atom. The van der Waals surface area contributed by atoms with Crippen LogP contribution in [0.25, 0.3) is 0 Å². The zero-order valence-electron chi connectivity index (χ0n) is 12.8. The molecule has 0 spiro atoms. The molecule has 0 aliphatic heterocycles. The van der Waals surface area contributed by atoms with Gasteiger partial charge in [0.05, 0.1) is 0 Å². The molecule has 0 bridgehead atoms. The molecule has 1 amide bonds. The molecule has 112 valence electrons. The van der Waals surface area contributed by atoms with Gasteiger partial charge >= 0.3 is 0 Å². The van der Waals surface area contributed by atoms with Gasteiger partial charge in [-0.3, -0.25) is 14.4 Å². The minimum atomic E-state index is -1.09. The molecular weight excluding hydrogens is 278 g/mol. The predicted molar refractivity (Wildman–Crippen MR) is 82.3 cm³/mol. The summed E-state index contributed by atoms with van der Waals surface area (Å²) >= 11 is 0. The number of rotatable bonds is 2. The number of hydrogen-bond acceptors (Lipinski definition) is 3. The SMILES string of the molecule is CC1=C2C(=O)C(C)(NC(=O)c3ccccc3)C=C2C(C)C1=O. The van der Waals surface area contributed by atoms with Crippen molar-refractivity contribution in [1.82, 2.24) is 5.32 Å². The molecule has 0 saturated carbocycles. The second kappa shape index (κ2) is 4.77. The minimum absolute atomic E-state index is 0.00830. The van der Waals surface area contributed by atoms with Crippen molar-refractivity contribution in [3.8, 4) is 0 Å². The van der Waals surface area contributed by atoms with Gasteiger partial charge < -0.3 is 5.32 Å². The third-order valence-corrected chi connectivity index (χ3v) is 4.45. The van der Waals surface area contributed by atoms with Crippen LogP contribution < -0.4 is 5.32 Å². The molecule has 2 aliphatic rings. The van der Waals surface area contributed by atoms with Gasteiger partial charge in [0.25, 0.3) is 5.91 Å². The van der Waals surface area contributed by atoms with Crippen molar-refractivity contribution in [3.63, 3.8) is 0 Å². The monoisotopic (exact) mass is 295 g/mol. The molecule has 2 unspecified atom stereocenters. The van der Waals surface area contributed by atoms with Crippen molar-refractivity contribution < 1.29 is 14.4 Å². The number of nitrogens with one attached hydrogen (secondary N) is 1. The van der Waals surface area contributed by atoms with Crippen LogP contribution in [0.15, 0.2) is 53.1 Å². The number of ketones is 2. The van der Waals surface area contributed by atoms with Crippen LogP contribution in [0, 0.1) is 5.92 Å². The fourth-order valence-corrected chi connectivity index (χ4v) is 3.15. The molecule has 4 heteroatoms. The Morgan fingerprint density at radius 3 is 2.41 bits per heavy atom. The molecule has 2 atom stereocenters. The Balaban J connectivity index is 1.93. The summed E-state index contributed by atoms with van der Waals surface area (Å²) in [4.78, 5) is 37.0. The van der Waals surface area contributed by atoms with Gasteiger partial charge in [-0.2, -0.15) is 0 Å². The second-order valence-corrected chi connectivity index (χ2v) is 6.04. The van der Waals surface area contributed by atoms with Gasteiger partial charge in [-0.1, -0.05) is 25.1 Å². The summed E-state index contributed by atoms with van der Waals surface area (Å²) in [7, 11) is 0. The van der Waals surface area contributed by atoms with Crippen LogP contribution in [0.5, 0.6) is 0 Å². The third-order valence-electron chi connectivity index (χ3n) is 4.45. The maximum Gasteiger partial charge on any atom is 0.252 e. The van der Waals surface area contributed by atoms with Crippen molar-refractivity contribution in [2.75, 3.05) is 0 Å². The van der Waals surface area contributed by atoms with Crippen molar-refractivity contribution in [3.05, 3.63) is 58.7 Å². The standard InChI is InChI=1S/C18H17NO3/c1-10-13-9-18(3,16(21)14(13)11(2)15(10)20)19-17(22)12-7-5-4-6-8-12/h4-10H,1-3H3,(H,19,22). The van der Waals surface area contributed by atoms with Crippen molar-refractivity contribution in [2.24, 2.45) is 5.92 Å². The first-order valence-corrected chi connectivity index (χ1v) is 7.26. The fraction of sp³-hybridized carbons (Fsp3) is 0.278. The van der Waals surface area contributed by atoms with E-state index in [4.69, 9.17) is 0 Å². The van der Waals surface area contributed by atoms with Crippen molar-refractivity contribution in [2.45, 2.75) is 26.3 Å². The molecule has 1 N–H and O–H groups in total. The summed E-state index contributed by atoms with van der Waals surface area (Å²) in [6, 6.07) is 8.77. The Hall–Kier alpha value is -2.49. The minimum Gasteiger partial charge on any atom is -0.336 e. The van der Waals surface area contributed by atoms with Crippen LogP contribution in [0.4, 0.5) is 0 Å². The van der Waals surface area contributed by atoms with E-state index in [1.54, 1.807) is 51.1 Å². The summed E-state index contributed by atoms with van der Waals surface area (Å²) in [6.07, 6.45) is 1.73. The number of Topliss-reactive ketones (excluding diaryl/α,β-unsaturated/α-hetero) is 2. The number of carbonyl (C=O) groups excluding carboxylic acids is 3. The highest BCUT2D eigenvalue weighted by molar-refractivity contribution is 6.22. The molecule has 1 aromatic carbocycles. The van der Waals surface area contributed by atoms with Gasteiger partial charge in [-0.15, -0.1) is 0 Å². The topological polar surface area (TPSA) is 63.2 Å². The van der Waals surface area contributed by atoms with Crippen LogP contribution >= 0.6 is 0 Å². The summed E-state index contributed by atoms with van der Waals surface area (Å²) in [5, 5.41) is 2.80. The maximum atomic E-state index is 12.7. The van der Waals surface area contributed by atoms with Gasteiger partial charge in [0.2, 0.25) is 0 Å². The molecule has 2 aliphatic carbocycles. The normalized spacial score (nSPS) is 27.0. The van der Waals surface area contributed by atoms with Crippen molar-refractivity contribution >= 4 is 17.5 Å². The van der Waals surface area contributed by atoms with Gasteiger partial charge in [-0.25, -0.2) is 0 Å². The first kappa shape index (κ1) is 14.4.